The second kappa shape index (κ2) is 3.86. The Morgan fingerprint density at radius 3 is 2.64 bits per heavy atom. The highest BCUT2D eigenvalue weighted by molar-refractivity contribution is 5.67. The molecule has 3 heteroatoms. The van der Waals surface area contributed by atoms with E-state index in [-0.39, 0.29) is 11.4 Å². The zero-order valence-electron chi connectivity index (χ0n) is 9.09. The first-order chi connectivity index (χ1) is 6.43. The molecule has 0 aromatic carbocycles. The van der Waals surface area contributed by atoms with Gasteiger partial charge in [0, 0.05) is 19.4 Å². The van der Waals surface area contributed by atoms with Gasteiger partial charge in [-0.15, -0.1) is 0 Å². The maximum absolute atomic E-state index is 10.8. The summed E-state index contributed by atoms with van der Waals surface area (Å²) < 4.78 is 10.2. The molecule has 0 saturated heterocycles. The Bertz CT molecular complexity index is 298. The van der Waals surface area contributed by atoms with Gasteiger partial charge in [0.05, 0.1) is 7.11 Å². The third-order valence-corrected chi connectivity index (χ3v) is 1.99. The van der Waals surface area contributed by atoms with E-state index in [1.807, 2.05) is 6.08 Å². The number of carbonyl (C=O) groups is 1. The van der Waals surface area contributed by atoms with Crippen LogP contribution in [0.3, 0.4) is 0 Å². The molecule has 0 bridgehead atoms. The summed E-state index contributed by atoms with van der Waals surface area (Å²) in [5.41, 5.74) is -0.0229. The lowest BCUT2D eigenvalue weighted by Gasteiger charge is -2.26. The molecule has 0 unspecified atom stereocenters. The van der Waals surface area contributed by atoms with Crippen molar-refractivity contribution in [3.63, 3.8) is 0 Å². The van der Waals surface area contributed by atoms with Crippen LogP contribution in [-0.2, 0) is 14.3 Å². The summed E-state index contributed by atoms with van der Waals surface area (Å²) in [7, 11) is 1.62. The molecule has 0 saturated carbocycles. The largest absolute Gasteiger partial charge is 0.501 e. The van der Waals surface area contributed by atoms with Crippen LogP contribution in [0.25, 0.3) is 0 Å². The minimum atomic E-state index is -0.305. The van der Waals surface area contributed by atoms with E-state index in [4.69, 9.17) is 9.47 Å². The lowest BCUT2D eigenvalue weighted by Crippen LogP contribution is -2.16. The summed E-state index contributed by atoms with van der Waals surface area (Å²) in [5, 5.41) is 0. The van der Waals surface area contributed by atoms with E-state index in [1.165, 1.54) is 6.92 Å². The Morgan fingerprint density at radius 2 is 2.14 bits per heavy atom. The number of esters is 1. The summed E-state index contributed by atoms with van der Waals surface area (Å²) in [4.78, 5) is 10.8. The van der Waals surface area contributed by atoms with Crippen molar-refractivity contribution in [2.75, 3.05) is 7.11 Å². The Balaban J connectivity index is 2.86. The van der Waals surface area contributed by atoms with Gasteiger partial charge in [0.25, 0.3) is 0 Å². The van der Waals surface area contributed by atoms with Crippen molar-refractivity contribution in [1.82, 2.24) is 0 Å². The molecule has 78 valence electrons. The van der Waals surface area contributed by atoms with E-state index in [9.17, 15) is 4.79 Å². The van der Waals surface area contributed by atoms with Gasteiger partial charge in [-0.1, -0.05) is 13.8 Å². The van der Waals surface area contributed by atoms with Crippen molar-refractivity contribution in [3.8, 4) is 0 Å². The molecule has 0 aliphatic heterocycles. The van der Waals surface area contributed by atoms with Crippen LogP contribution < -0.4 is 0 Å². The van der Waals surface area contributed by atoms with Crippen molar-refractivity contribution in [2.45, 2.75) is 27.2 Å². The van der Waals surface area contributed by atoms with Gasteiger partial charge in [0.2, 0.25) is 0 Å². The lowest BCUT2D eigenvalue weighted by atomic mass is 9.84. The monoisotopic (exact) mass is 196 g/mol. The molecule has 0 spiro atoms. The number of allylic oxidation sites excluding steroid dienone is 3. The van der Waals surface area contributed by atoms with Crippen LogP contribution in [0, 0.1) is 5.41 Å². The van der Waals surface area contributed by atoms with E-state index >= 15 is 0 Å². The fourth-order valence-corrected chi connectivity index (χ4v) is 1.49. The first-order valence-corrected chi connectivity index (χ1v) is 4.59. The first-order valence-electron chi connectivity index (χ1n) is 4.59. The average molecular weight is 196 g/mol. The lowest BCUT2D eigenvalue weighted by molar-refractivity contribution is -0.136. The van der Waals surface area contributed by atoms with Crippen molar-refractivity contribution in [3.05, 3.63) is 23.7 Å². The zero-order valence-corrected chi connectivity index (χ0v) is 9.09. The molecule has 3 nitrogen and oxygen atoms in total. The van der Waals surface area contributed by atoms with Crippen molar-refractivity contribution >= 4 is 5.97 Å². The summed E-state index contributed by atoms with van der Waals surface area (Å²) in [6.45, 7) is 5.54. The van der Waals surface area contributed by atoms with Gasteiger partial charge in [-0.3, -0.25) is 4.79 Å². The molecule has 14 heavy (non-hydrogen) atoms. The Kier molecular flexibility index (Phi) is 2.99. The molecule has 0 radical (unpaired) electrons. The molecule has 0 fully saturated rings. The topological polar surface area (TPSA) is 35.5 Å². The van der Waals surface area contributed by atoms with Gasteiger partial charge in [0.15, 0.2) is 0 Å². The maximum Gasteiger partial charge on any atom is 0.308 e. The van der Waals surface area contributed by atoms with E-state index in [2.05, 4.69) is 13.8 Å². The second-order valence-electron chi connectivity index (χ2n) is 4.12. The molecule has 0 aromatic heterocycles. The van der Waals surface area contributed by atoms with Gasteiger partial charge in [0.1, 0.15) is 11.5 Å². The minimum Gasteiger partial charge on any atom is -0.501 e. The fourth-order valence-electron chi connectivity index (χ4n) is 1.49. The number of hydrogen-bond acceptors (Lipinski definition) is 3. The summed E-state index contributed by atoms with van der Waals surface area (Å²) in [6.07, 6.45) is 4.53. The van der Waals surface area contributed by atoms with Crippen molar-refractivity contribution < 1.29 is 14.3 Å². The van der Waals surface area contributed by atoms with Crippen LogP contribution in [-0.4, -0.2) is 13.1 Å². The van der Waals surface area contributed by atoms with Crippen molar-refractivity contribution in [2.24, 2.45) is 5.41 Å². The number of rotatable bonds is 2. The molecule has 0 amide bonds. The Labute approximate surface area is 84.4 Å². The summed E-state index contributed by atoms with van der Waals surface area (Å²) in [6, 6.07) is 0. The zero-order chi connectivity index (χ0) is 10.8. The molecule has 1 rings (SSSR count). The molecule has 0 N–H and O–H groups in total. The van der Waals surface area contributed by atoms with Crippen LogP contribution in [0.4, 0.5) is 0 Å². The van der Waals surface area contributed by atoms with Crippen LogP contribution >= 0.6 is 0 Å². The van der Waals surface area contributed by atoms with E-state index in [0.29, 0.717) is 5.76 Å². The number of methoxy groups -OCH3 is 1. The first kappa shape index (κ1) is 10.8. The fraction of sp³-hybridized carbons (Fsp3) is 0.545. The highest BCUT2D eigenvalue weighted by Crippen LogP contribution is 2.33. The van der Waals surface area contributed by atoms with Crippen LogP contribution in [0.15, 0.2) is 23.7 Å². The van der Waals surface area contributed by atoms with Crippen LogP contribution in [0.2, 0.25) is 0 Å². The maximum atomic E-state index is 10.8. The highest BCUT2D eigenvalue weighted by atomic mass is 16.5. The molecule has 0 atom stereocenters. The smallest absolute Gasteiger partial charge is 0.308 e. The molecular weight excluding hydrogens is 180 g/mol. The number of carbonyl (C=O) groups excluding carboxylic acids is 1. The van der Waals surface area contributed by atoms with Crippen LogP contribution in [0.5, 0.6) is 0 Å². The normalized spacial score (nSPS) is 19.4. The van der Waals surface area contributed by atoms with Crippen LogP contribution in [0.1, 0.15) is 27.2 Å². The third-order valence-electron chi connectivity index (χ3n) is 1.99. The highest BCUT2D eigenvalue weighted by Gasteiger charge is 2.24. The third kappa shape index (κ3) is 2.91. The summed E-state index contributed by atoms with van der Waals surface area (Å²) >= 11 is 0. The molecule has 0 aromatic rings. The number of ether oxygens (including phenoxy) is 2. The molecule has 0 heterocycles. The minimum absolute atomic E-state index is 0.0229. The Morgan fingerprint density at radius 1 is 1.50 bits per heavy atom. The second-order valence-corrected chi connectivity index (χ2v) is 4.12. The summed E-state index contributed by atoms with van der Waals surface area (Å²) in [5.74, 6) is 1.11. The van der Waals surface area contributed by atoms with E-state index < -0.39 is 0 Å². The number of hydrogen-bond donors (Lipinski definition) is 0. The van der Waals surface area contributed by atoms with E-state index in [1.54, 1.807) is 13.2 Å². The van der Waals surface area contributed by atoms with Gasteiger partial charge in [-0.25, -0.2) is 0 Å². The molecule has 1 aliphatic carbocycles. The van der Waals surface area contributed by atoms with Gasteiger partial charge >= 0.3 is 5.97 Å². The molecule has 1 aliphatic rings. The quantitative estimate of drug-likeness (QED) is 0.636. The molecular formula is C11H16O3. The predicted octanol–water partition coefficient (Wildman–Crippen LogP) is 2.39. The standard InChI is InChI=1S/C11H16O3/c1-8(12)14-10-5-9(13-4)6-11(2,3)7-10/h5,7H,6H2,1-4H3. The Hall–Kier alpha value is -1.25. The SMILES string of the molecule is COC1=CC(OC(C)=O)=CC(C)(C)C1. The van der Waals surface area contributed by atoms with Gasteiger partial charge in [-0.2, -0.15) is 0 Å². The average Bonchev–Trinajstić information content (AvgIpc) is 1.99. The van der Waals surface area contributed by atoms with Crippen molar-refractivity contribution in [1.29, 1.82) is 0 Å². The predicted molar refractivity (Wildman–Crippen MR) is 53.3 cm³/mol. The van der Waals surface area contributed by atoms with E-state index in [0.717, 1.165) is 12.2 Å². The van der Waals surface area contributed by atoms with Gasteiger partial charge in [-0.05, 0) is 11.5 Å². The van der Waals surface area contributed by atoms with Gasteiger partial charge < -0.3 is 9.47 Å².